The molecule has 0 N–H and O–H groups in total. The summed E-state index contributed by atoms with van der Waals surface area (Å²) in [4.78, 5) is 21.3. The zero-order valence-electron chi connectivity index (χ0n) is 15.0. The van der Waals surface area contributed by atoms with E-state index in [1.54, 1.807) is 6.21 Å². The van der Waals surface area contributed by atoms with Crippen molar-refractivity contribution in [3.63, 3.8) is 0 Å². The quantitative estimate of drug-likeness (QED) is 0.188. The van der Waals surface area contributed by atoms with Gasteiger partial charge >= 0.3 is 0 Å². The van der Waals surface area contributed by atoms with Crippen molar-refractivity contribution in [3.8, 4) is 0 Å². The first-order valence-electron chi connectivity index (χ1n) is 8.69. The van der Waals surface area contributed by atoms with Gasteiger partial charge < -0.3 is 0 Å². The number of carbonyl (C=O) groups is 1. The van der Waals surface area contributed by atoms with Gasteiger partial charge in [0.15, 0.2) is 10.1 Å². The van der Waals surface area contributed by atoms with Crippen LogP contribution in [0, 0.1) is 5.82 Å². The smallest absolute Gasteiger partial charge is 0.173 e. The van der Waals surface area contributed by atoms with Crippen molar-refractivity contribution >= 4 is 62.6 Å². The Morgan fingerprint density at radius 1 is 1.10 bits per heavy atom. The summed E-state index contributed by atoms with van der Waals surface area (Å²) in [7, 11) is 0. The van der Waals surface area contributed by atoms with Gasteiger partial charge in [0.2, 0.25) is 0 Å². The number of thioether (sulfide) groups is 1. The molecule has 0 saturated carbocycles. The van der Waals surface area contributed by atoms with Crippen LogP contribution >= 0.6 is 34.7 Å². The predicted molar refractivity (Wildman–Crippen MR) is 120 cm³/mol. The Bertz CT molecular complexity index is 1190. The van der Waals surface area contributed by atoms with E-state index in [2.05, 4.69) is 9.98 Å². The molecule has 144 valence electrons. The number of halogens is 2. The van der Waals surface area contributed by atoms with Crippen molar-refractivity contribution in [2.75, 3.05) is 5.75 Å². The van der Waals surface area contributed by atoms with Crippen molar-refractivity contribution < 1.29 is 9.18 Å². The molecule has 0 amide bonds. The lowest BCUT2D eigenvalue weighted by atomic mass is 10.1. The van der Waals surface area contributed by atoms with Gasteiger partial charge in [-0.1, -0.05) is 35.5 Å². The maximum atomic E-state index is 13.0. The molecule has 3 nitrogen and oxygen atoms in total. The van der Waals surface area contributed by atoms with E-state index in [-0.39, 0.29) is 17.4 Å². The first-order valence-corrected chi connectivity index (χ1v) is 10.9. The summed E-state index contributed by atoms with van der Waals surface area (Å²) in [5.74, 6) is -0.148. The fraction of sp³-hybridized carbons (Fsp3) is 0.0455. The third kappa shape index (κ3) is 5.09. The minimum atomic E-state index is -0.352. The van der Waals surface area contributed by atoms with E-state index in [9.17, 15) is 9.18 Å². The summed E-state index contributed by atoms with van der Waals surface area (Å²) in [5, 5.41) is 0.691. The number of benzene rings is 3. The lowest BCUT2D eigenvalue weighted by molar-refractivity contribution is 0.102. The lowest BCUT2D eigenvalue weighted by Gasteiger charge is -1.99. The van der Waals surface area contributed by atoms with Gasteiger partial charge in [0.25, 0.3) is 0 Å². The van der Waals surface area contributed by atoms with Crippen molar-refractivity contribution in [3.05, 3.63) is 88.7 Å². The number of carbonyl (C=O) groups excluding carboxylic acids is 1. The van der Waals surface area contributed by atoms with Gasteiger partial charge in [-0.25, -0.2) is 9.37 Å². The molecule has 0 radical (unpaired) electrons. The van der Waals surface area contributed by atoms with Gasteiger partial charge in [0.1, 0.15) is 5.82 Å². The van der Waals surface area contributed by atoms with Crippen LogP contribution in [0.2, 0.25) is 5.02 Å². The molecule has 0 spiro atoms. The Hall–Kier alpha value is -2.54. The van der Waals surface area contributed by atoms with Crippen molar-refractivity contribution in [2.45, 2.75) is 4.34 Å². The van der Waals surface area contributed by atoms with Crippen LogP contribution in [-0.2, 0) is 0 Å². The number of fused-ring (bicyclic) bond motifs is 1. The van der Waals surface area contributed by atoms with Gasteiger partial charge in [-0.3, -0.25) is 9.79 Å². The van der Waals surface area contributed by atoms with E-state index in [1.807, 2.05) is 42.5 Å². The summed E-state index contributed by atoms with van der Waals surface area (Å²) in [6.07, 6.45) is 1.79. The fourth-order valence-corrected chi connectivity index (χ4v) is 4.70. The molecule has 7 heteroatoms. The highest BCUT2D eigenvalue weighted by Crippen LogP contribution is 2.32. The first kappa shape index (κ1) is 19.8. The van der Waals surface area contributed by atoms with Crippen LogP contribution in [0.4, 0.5) is 10.1 Å². The van der Waals surface area contributed by atoms with Crippen LogP contribution in [0.25, 0.3) is 10.2 Å². The molecule has 0 fully saturated rings. The van der Waals surface area contributed by atoms with Gasteiger partial charge in [0, 0.05) is 16.8 Å². The zero-order valence-corrected chi connectivity index (χ0v) is 17.4. The monoisotopic (exact) mass is 440 g/mol. The normalized spacial score (nSPS) is 11.4. The molecule has 0 aliphatic carbocycles. The van der Waals surface area contributed by atoms with E-state index in [4.69, 9.17) is 11.6 Å². The molecule has 0 unspecified atom stereocenters. The van der Waals surface area contributed by atoms with Crippen LogP contribution in [0.1, 0.15) is 15.9 Å². The van der Waals surface area contributed by atoms with E-state index < -0.39 is 0 Å². The fourth-order valence-electron chi connectivity index (χ4n) is 2.58. The Labute approximate surface area is 180 Å². The van der Waals surface area contributed by atoms with Crippen molar-refractivity contribution in [1.29, 1.82) is 0 Å². The van der Waals surface area contributed by atoms with E-state index in [0.717, 1.165) is 25.8 Å². The molecule has 3 aromatic carbocycles. The third-order valence-corrected chi connectivity index (χ3v) is 6.49. The molecular weight excluding hydrogens is 427 g/mol. The number of Topliss-reactive ketones (excluding diaryl/α,β-unsaturated/α-hetero) is 1. The molecule has 0 saturated heterocycles. The summed E-state index contributed by atoms with van der Waals surface area (Å²) >= 11 is 8.80. The zero-order chi connectivity index (χ0) is 20.2. The van der Waals surface area contributed by atoms with Crippen LogP contribution in [0.3, 0.4) is 0 Å². The van der Waals surface area contributed by atoms with Crippen molar-refractivity contribution in [1.82, 2.24) is 4.98 Å². The summed E-state index contributed by atoms with van der Waals surface area (Å²) in [6, 6.07) is 18.9. The van der Waals surface area contributed by atoms with Crippen LogP contribution in [0.15, 0.2) is 76.1 Å². The Kier molecular flexibility index (Phi) is 6.04. The number of ketones is 1. The summed E-state index contributed by atoms with van der Waals surface area (Å²) in [6.45, 7) is 0. The summed E-state index contributed by atoms with van der Waals surface area (Å²) < 4.78 is 14.8. The Morgan fingerprint density at radius 2 is 1.86 bits per heavy atom. The molecule has 0 bridgehead atoms. The highest BCUT2D eigenvalue weighted by Gasteiger charge is 2.10. The minimum absolute atomic E-state index is 0.0532. The van der Waals surface area contributed by atoms with Crippen LogP contribution in [0.5, 0.6) is 0 Å². The standard InChI is InChI=1S/C22H14ClFN2OS2/c23-16-5-1-14(2-6-16)12-25-18-9-10-19-21(11-18)29-22(26-19)28-13-20(27)15-3-7-17(24)8-4-15/h1-12H,13H2. The maximum Gasteiger partial charge on any atom is 0.173 e. The number of aromatic nitrogens is 1. The number of hydrogen-bond acceptors (Lipinski definition) is 5. The van der Waals surface area contributed by atoms with E-state index >= 15 is 0 Å². The number of nitrogens with zero attached hydrogens (tertiary/aromatic N) is 2. The van der Waals surface area contributed by atoms with E-state index in [0.29, 0.717) is 10.6 Å². The number of aliphatic imine (C=N–C) groups is 1. The Morgan fingerprint density at radius 3 is 2.62 bits per heavy atom. The second kappa shape index (κ2) is 8.86. The SMILES string of the molecule is O=C(CSc1nc2ccc(N=Cc3ccc(Cl)cc3)cc2s1)c1ccc(F)cc1. The van der Waals surface area contributed by atoms with Crippen molar-refractivity contribution in [2.24, 2.45) is 4.99 Å². The second-order valence-electron chi connectivity index (χ2n) is 6.16. The summed E-state index contributed by atoms with van der Waals surface area (Å²) in [5.41, 5.74) is 3.17. The maximum absolute atomic E-state index is 13.0. The average Bonchev–Trinajstić information content (AvgIpc) is 3.14. The molecule has 0 aliphatic rings. The van der Waals surface area contributed by atoms with Crippen LogP contribution in [-0.4, -0.2) is 22.7 Å². The third-order valence-electron chi connectivity index (χ3n) is 4.08. The molecular formula is C22H14ClFN2OS2. The lowest BCUT2D eigenvalue weighted by Crippen LogP contribution is -2.01. The van der Waals surface area contributed by atoms with Crippen LogP contribution < -0.4 is 0 Å². The number of rotatable bonds is 6. The molecule has 1 heterocycles. The van der Waals surface area contributed by atoms with Gasteiger partial charge in [-0.2, -0.15) is 0 Å². The predicted octanol–water partition coefficient (Wildman–Crippen LogP) is 6.81. The number of thiazole rings is 1. The van der Waals surface area contributed by atoms with Gasteiger partial charge in [-0.15, -0.1) is 11.3 Å². The largest absolute Gasteiger partial charge is 0.293 e. The topological polar surface area (TPSA) is 42.3 Å². The molecule has 0 aliphatic heterocycles. The van der Waals surface area contributed by atoms with E-state index in [1.165, 1.54) is 47.4 Å². The highest BCUT2D eigenvalue weighted by molar-refractivity contribution is 8.01. The van der Waals surface area contributed by atoms with Gasteiger partial charge in [0.05, 0.1) is 21.7 Å². The molecule has 4 rings (SSSR count). The molecule has 1 aromatic heterocycles. The molecule has 0 atom stereocenters. The minimum Gasteiger partial charge on any atom is -0.293 e. The second-order valence-corrected chi connectivity index (χ2v) is 8.85. The number of hydrogen-bond donors (Lipinski definition) is 0. The van der Waals surface area contributed by atoms with Gasteiger partial charge in [-0.05, 0) is 60.2 Å². The average molecular weight is 441 g/mol. The molecule has 4 aromatic rings. The first-order chi connectivity index (χ1) is 14.1. The highest BCUT2D eigenvalue weighted by atomic mass is 35.5. The molecule has 29 heavy (non-hydrogen) atoms. The Balaban J connectivity index is 1.44.